The van der Waals surface area contributed by atoms with Gasteiger partial charge in [0.05, 0.1) is 31.5 Å². The van der Waals surface area contributed by atoms with Crippen LogP contribution < -0.4 is 14.8 Å². The molecule has 2 N–H and O–H groups in total. The first-order valence-corrected chi connectivity index (χ1v) is 13.6. The summed E-state index contributed by atoms with van der Waals surface area (Å²) in [7, 11) is 1.66. The number of hydrogen-bond donors (Lipinski definition) is 2. The molecule has 4 aromatic rings. The fraction of sp³-hybridized carbons (Fsp3) is 0.379. The highest BCUT2D eigenvalue weighted by Crippen LogP contribution is 2.35. The Hall–Kier alpha value is -4.60. The van der Waals surface area contributed by atoms with Crippen molar-refractivity contribution < 1.29 is 14.6 Å². The van der Waals surface area contributed by atoms with Gasteiger partial charge >= 0.3 is 0 Å². The third kappa shape index (κ3) is 6.95. The van der Waals surface area contributed by atoms with E-state index in [4.69, 9.17) is 9.47 Å². The molecule has 0 unspecified atom stereocenters. The van der Waals surface area contributed by atoms with Gasteiger partial charge in [0, 0.05) is 24.5 Å². The number of methoxy groups -OCH3 is 1. The number of nitrogens with zero attached hydrogens (tertiary/aromatic N) is 8. The predicted molar refractivity (Wildman–Crippen MR) is 152 cm³/mol. The molecule has 0 saturated carbocycles. The highest BCUT2D eigenvalue weighted by Gasteiger charge is 2.21. The fourth-order valence-electron chi connectivity index (χ4n) is 5.03. The Labute approximate surface area is 238 Å². The number of β-amino-alcohol motifs (C(OH)–C–C–N with tert-alkyl or cyclic N) is 1. The first-order valence-electron chi connectivity index (χ1n) is 13.6. The van der Waals surface area contributed by atoms with Crippen molar-refractivity contribution >= 4 is 11.6 Å². The topological polar surface area (TPSA) is 147 Å². The van der Waals surface area contributed by atoms with E-state index >= 15 is 0 Å². The van der Waals surface area contributed by atoms with Gasteiger partial charge in [0.2, 0.25) is 5.95 Å². The van der Waals surface area contributed by atoms with Crippen LogP contribution in [0.1, 0.15) is 36.8 Å². The summed E-state index contributed by atoms with van der Waals surface area (Å²) in [5.41, 5.74) is 4.08. The first kappa shape index (κ1) is 27.9. The number of rotatable bonds is 11. The molecule has 212 valence electrons. The standard InChI is InChI=1S/C29H33N9O3/c1-20(18-38-19-33-35-36-38)41-27-13-23(3-4-24(27)15-30)25-16-31-29(32-17-25)34-26-6-5-22(14-28(26)40-2)21-7-9-37(10-8-21)11-12-39/h3-6,13-14,16-17,19-21,39H,7-12,18H2,1-2H3,(H,31,32,34)/t20-/m0/s1. The maximum atomic E-state index is 9.57. The predicted octanol–water partition coefficient (Wildman–Crippen LogP) is 3.39. The summed E-state index contributed by atoms with van der Waals surface area (Å²) in [6.07, 6.45) is 6.83. The lowest BCUT2D eigenvalue weighted by Gasteiger charge is -2.31. The van der Waals surface area contributed by atoms with Crippen LogP contribution in [0.3, 0.4) is 0 Å². The summed E-state index contributed by atoms with van der Waals surface area (Å²) in [5.74, 6) is 2.11. The number of tetrazole rings is 1. The second kappa shape index (κ2) is 13.2. The van der Waals surface area contributed by atoms with Crippen LogP contribution in [-0.2, 0) is 6.54 Å². The summed E-state index contributed by atoms with van der Waals surface area (Å²) in [6, 6.07) is 13.8. The molecular formula is C29H33N9O3. The summed E-state index contributed by atoms with van der Waals surface area (Å²) in [6.45, 7) is 5.25. The van der Waals surface area contributed by atoms with E-state index in [0.717, 1.165) is 55.0 Å². The van der Waals surface area contributed by atoms with E-state index in [1.165, 1.54) is 11.9 Å². The van der Waals surface area contributed by atoms with Crippen LogP contribution in [0.15, 0.2) is 55.1 Å². The molecule has 5 rings (SSSR count). The van der Waals surface area contributed by atoms with Crippen LogP contribution in [0.5, 0.6) is 11.5 Å². The molecule has 0 amide bonds. The fourth-order valence-corrected chi connectivity index (χ4v) is 5.03. The summed E-state index contributed by atoms with van der Waals surface area (Å²) < 4.78 is 13.3. The van der Waals surface area contributed by atoms with Gasteiger partial charge in [-0.1, -0.05) is 12.1 Å². The van der Waals surface area contributed by atoms with Gasteiger partial charge in [0.15, 0.2) is 0 Å². The van der Waals surface area contributed by atoms with Gasteiger partial charge in [0.25, 0.3) is 0 Å². The molecule has 1 fully saturated rings. The van der Waals surface area contributed by atoms with Crippen LogP contribution >= 0.6 is 0 Å². The number of aliphatic hydroxyl groups is 1. The van der Waals surface area contributed by atoms with Gasteiger partial charge < -0.3 is 24.8 Å². The second-order valence-corrected chi connectivity index (χ2v) is 10.0. The number of ether oxygens (including phenoxy) is 2. The minimum atomic E-state index is -0.260. The largest absolute Gasteiger partial charge is 0.495 e. The SMILES string of the molecule is COc1cc(C2CCN(CCO)CC2)ccc1Nc1ncc(-c2ccc(C#N)c(O[C@@H](C)Cn3cnnn3)c2)cn1. The minimum Gasteiger partial charge on any atom is -0.495 e. The van der Waals surface area contributed by atoms with Crippen molar-refractivity contribution in [3.05, 3.63) is 66.2 Å². The molecule has 1 atom stereocenters. The van der Waals surface area contributed by atoms with Crippen LogP contribution in [0.4, 0.5) is 11.6 Å². The van der Waals surface area contributed by atoms with Crippen molar-refractivity contribution in [1.82, 2.24) is 35.1 Å². The van der Waals surface area contributed by atoms with E-state index in [0.29, 0.717) is 29.7 Å². The van der Waals surface area contributed by atoms with E-state index in [1.54, 1.807) is 30.3 Å². The Morgan fingerprint density at radius 3 is 2.59 bits per heavy atom. The van der Waals surface area contributed by atoms with Crippen molar-refractivity contribution in [2.24, 2.45) is 0 Å². The third-order valence-electron chi connectivity index (χ3n) is 7.20. The Kier molecular flexibility index (Phi) is 8.98. The second-order valence-electron chi connectivity index (χ2n) is 10.0. The molecule has 3 heterocycles. The summed E-state index contributed by atoms with van der Waals surface area (Å²) in [5, 5.41) is 33.2. The van der Waals surface area contributed by atoms with Gasteiger partial charge in [-0.25, -0.2) is 14.6 Å². The molecule has 0 aliphatic carbocycles. The molecule has 1 saturated heterocycles. The monoisotopic (exact) mass is 555 g/mol. The van der Waals surface area contributed by atoms with Gasteiger partial charge in [-0.05, 0) is 84.6 Å². The first-order chi connectivity index (χ1) is 20.1. The van der Waals surface area contributed by atoms with Crippen LogP contribution in [0, 0.1) is 11.3 Å². The molecule has 2 aromatic carbocycles. The average Bonchev–Trinajstić information content (AvgIpc) is 3.51. The number of aliphatic hydroxyl groups excluding tert-OH is 1. The van der Waals surface area contributed by atoms with E-state index in [-0.39, 0.29) is 12.7 Å². The van der Waals surface area contributed by atoms with E-state index < -0.39 is 0 Å². The van der Waals surface area contributed by atoms with Gasteiger partial charge in [-0.3, -0.25) is 0 Å². The number of hydrogen-bond acceptors (Lipinski definition) is 11. The quantitative estimate of drug-likeness (QED) is 0.281. The van der Waals surface area contributed by atoms with Crippen LogP contribution in [0.25, 0.3) is 11.1 Å². The Morgan fingerprint density at radius 2 is 1.90 bits per heavy atom. The van der Waals surface area contributed by atoms with Crippen molar-refractivity contribution in [3.63, 3.8) is 0 Å². The molecule has 1 aliphatic rings. The number of piperidine rings is 1. The zero-order chi connectivity index (χ0) is 28.6. The molecule has 0 radical (unpaired) electrons. The highest BCUT2D eigenvalue weighted by atomic mass is 16.5. The maximum absolute atomic E-state index is 9.57. The normalized spacial score (nSPS) is 14.8. The highest BCUT2D eigenvalue weighted by molar-refractivity contribution is 5.68. The molecule has 41 heavy (non-hydrogen) atoms. The summed E-state index contributed by atoms with van der Waals surface area (Å²) in [4.78, 5) is 11.3. The van der Waals surface area contributed by atoms with Gasteiger partial charge in [-0.15, -0.1) is 5.10 Å². The lowest BCUT2D eigenvalue weighted by atomic mass is 9.89. The van der Waals surface area contributed by atoms with Crippen molar-refractivity contribution in [2.75, 3.05) is 38.7 Å². The average molecular weight is 556 g/mol. The number of nitrogens with one attached hydrogen (secondary N) is 1. The molecule has 2 aromatic heterocycles. The van der Waals surface area contributed by atoms with E-state index in [2.05, 4.69) is 53.9 Å². The number of anilines is 2. The van der Waals surface area contributed by atoms with Gasteiger partial charge in [-0.2, -0.15) is 5.26 Å². The smallest absolute Gasteiger partial charge is 0.227 e. The van der Waals surface area contributed by atoms with Crippen molar-refractivity contribution in [2.45, 2.75) is 38.3 Å². The summed E-state index contributed by atoms with van der Waals surface area (Å²) >= 11 is 0. The molecule has 0 bridgehead atoms. The molecule has 1 aliphatic heterocycles. The Morgan fingerprint density at radius 1 is 1.10 bits per heavy atom. The molecule has 12 nitrogen and oxygen atoms in total. The van der Waals surface area contributed by atoms with E-state index in [9.17, 15) is 10.4 Å². The zero-order valence-electron chi connectivity index (χ0n) is 23.1. The Bertz CT molecular complexity index is 1460. The number of aromatic nitrogens is 6. The Balaban J connectivity index is 1.26. The lowest BCUT2D eigenvalue weighted by molar-refractivity contribution is 0.164. The molecule has 12 heteroatoms. The third-order valence-corrected chi connectivity index (χ3v) is 7.20. The number of likely N-dealkylation sites (tertiary alicyclic amines) is 1. The lowest BCUT2D eigenvalue weighted by Crippen LogP contribution is -2.34. The minimum absolute atomic E-state index is 0.202. The van der Waals surface area contributed by atoms with Gasteiger partial charge in [0.1, 0.15) is 30.0 Å². The van der Waals surface area contributed by atoms with Crippen molar-refractivity contribution in [1.29, 1.82) is 5.26 Å². The number of benzene rings is 2. The van der Waals surface area contributed by atoms with E-state index in [1.807, 2.05) is 25.1 Å². The maximum Gasteiger partial charge on any atom is 0.227 e. The molecular weight excluding hydrogens is 522 g/mol. The number of nitriles is 1. The molecule has 0 spiro atoms. The van der Waals surface area contributed by atoms with Crippen molar-refractivity contribution in [3.8, 4) is 28.7 Å². The van der Waals surface area contributed by atoms with Crippen LogP contribution in [-0.4, -0.2) is 79.6 Å². The zero-order valence-corrected chi connectivity index (χ0v) is 23.1. The van der Waals surface area contributed by atoms with Crippen LogP contribution in [0.2, 0.25) is 0 Å².